The van der Waals surface area contributed by atoms with E-state index < -0.39 is 0 Å². The SMILES string of the molecule is Cl.NNc1ccccc1Cl.O=C1CCCc2[nH]c3c(Cl)cccc3c21. The Morgan fingerprint density at radius 2 is 1.72 bits per heavy atom. The van der Waals surface area contributed by atoms with Gasteiger partial charge in [0.15, 0.2) is 5.78 Å². The lowest BCUT2D eigenvalue weighted by atomic mass is 9.94. The Kier molecular flexibility index (Phi) is 6.73. The zero-order valence-electron chi connectivity index (χ0n) is 13.3. The summed E-state index contributed by atoms with van der Waals surface area (Å²) in [5.74, 6) is 5.36. The highest BCUT2D eigenvalue weighted by atomic mass is 35.5. The van der Waals surface area contributed by atoms with Crippen LogP contribution in [0.1, 0.15) is 28.9 Å². The highest BCUT2D eigenvalue weighted by molar-refractivity contribution is 6.35. The Labute approximate surface area is 162 Å². The van der Waals surface area contributed by atoms with E-state index in [9.17, 15) is 4.79 Å². The van der Waals surface area contributed by atoms with Gasteiger partial charge in [-0.25, -0.2) is 0 Å². The van der Waals surface area contributed by atoms with E-state index in [4.69, 9.17) is 29.0 Å². The number of carbonyl (C=O) groups is 1. The number of fused-ring (bicyclic) bond motifs is 3. The smallest absolute Gasteiger partial charge is 0.165 e. The lowest BCUT2D eigenvalue weighted by Gasteiger charge is -2.09. The molecule has 4 rings (SSSR count). The molecule has 7 heteroatoms. The van der Waals surface area contributed by atoms with Crippen molar-refractivity contribution in [1.29, 1.82) is 0 Å². The lowest BCUT2D eigenvalue weighted by molar-refractivity contribution is 0.0974. The third-order valence-electron chi connectivity index (χ3n) is 4.00. The molecule has 0 amide bonds. The van der Waals surface area contributed by atoms with Gasteiger partial charge in [0.2, 0.25) is 0 Å². The summed E-state index contributed by atoms with van der Waals surface area (Å²) in [6.45, 7) is 0. The maximum atomic E-state index is 11.8. The second-order valence-electron chi connectivity index (χ2n) is 5.54. The quantitative estimate of drug-likeness (QED) is 0.380. The molecule has 0 radical (unpaired) electrons. The van der Waals surface area contributed by atoms with Crippen molar-refractivity contribution in [2.75, 3.05) is 5.43 Å². The number of Topliss-reactive ketones (excluding diaryl/α,β-unsaturated/α-hetero) is 1. The van der Waals surface area contributed by atoms with E-state index in [-0.39, 0.29) is 18.2 Å². The number of aryl methyl sites for hydroxylation is 1. The van der Waals surface area contributed by atoms with Gasteiger partial charge in [-0.15, -0.1) is 12.4 Å². The molecule has 2 aromatic carbocycles. The predicted molar refractivity (Wildman–Crippen MR) is 107 cm³/mol. The number of anilines is 1. The fourth-order valence-corrected chi connectivity index (χ4v) is 3.28. The zero-order valence-corrected chi connectivity index (χ0v) is 15.6. The maximum Gasteiger partial charge on any atom is 0.165 e. The van der Waals surface area contributed by atoms with Crippen molar-refractivity contribution < 1.29 is 4.79 Å². The van der Waals surface area contributed by atoms with Crippen LogP contribution in [0.2, 0.25) is 10.0 Å². The Morgan fingerprint density at radius 3 is 2.40 bits per heavy atom. The van der Waals surface area contributed by atoms with Gasteiger partial charge in [-0.1, -0.05) is 47.5 Å². The molecule has 132 valence electrons. The van der Waals surface area contributed by atoms with Gasteiger partial charge in [-0.3, -0.25) is 10.6 Å². The molecule has 0 bridgehead atoms. The normalized spacial score (nSPS) is 12.7. The van der Waals surface area contributed by atoms with E-state index >= 15 is 0 Å². The topological polar surface area (TPSA) is 70.9 Å². The van der Waals surface area contributed by atoms with Crippen molar-refractivity contribution in [3.63, 3.8) is 0 Å². The molecule has 0 spiro atoms. The largest absolute Gasteiger partial charge is 0.357 e. The van der Waals surface area contributed by atoms with Crippen LogP contribution >= 0.6 is 35.6 Å². The summed E-state index contributed by atoms with van der Waals surface area (Å²) < 4.78 is 0. The van der Waals surface area contributed by atoms with Crippen LogP contribution in [0, 0.1) is 0 Å². The van der Waals surface area contributed by atoms with E-state index in [0.29, 0.717) is 16.5 Å². The van der Waals surface area contributed by atoms with Gasteiger partial charge in [0.05, 0.1) is 21.2 Å². The van der Waals surface area contributed by atoms with Crippen LogP contribution in [0.3, 0.4) is 0 Å². The minimum atomic E-state index is 0. The van der Waals surface area contributed by atoms with Crippen molar-refractivity contribution in [3.05, 3.63) is 63.8 Å². The summed E-state index contributed by atoms with van der Waals surface area (Å²) in [5.41, 5.74) is 6.03. The van der Waals surface area contributed by atoms with Crippen LogP contribution in [0.5, 0.6) is 0 Å². The van der Waals surface area contributed by atoms with Crippen LogP contribution in [-0.2, 0) is 6.42 Å². The Bertz CT molecular complexity index is 892. The Hall–Kier alpha value is -1.72. The molecule has 1 aliphatic rings. The third kappa shape index (κ3) is 4.10. The number of hydrazine groups is 1. The predicted octanol–water partition coefficient (Wildman–Crippen LogP) is 5.39. The standard InChI is InChI=1S/C12H10ClNO.C6H7ClN2.ClH/c13-8-4-1-3-7-11-9(14-12(7)8)5-2-6-10(11)15;7-5-3-1-2-4-6(5)9-8;/h1,3-4,14H,2,5-6H2;1-4,9H,8H2;1H. The van der Waals surface area contributed by atoms with Gasteiger partial charge in [-0.05, 0) is 31.0 Å². The minimum absolute atomic E-state index is 0. The number of nitrogens with one attached hydrogen (secondary N) is 2. The highest BCUT2D eigenvalue weighted by Crippen LogP contribution is 2.32. The molecular weight excluding hydrogens is 381 g/mol. The second-order valence-corrected chi connectivity index (χ2v) is 6.36. The first-order valence-corrected chi connectivity index (χ1v) is 8.41. The minimum Gasteiger partial charge on any atom is -0.357 e. The molecule has 3 aromatic rings. The molecular formula is C18H18Cl3N3O. The number of carbonyl (C=O) groups excluding carboxylic acids is 1. The fraction of sp³-hybridized carbons (Fsp3) is 0.167. The van der Waals surface area contributed by atoms with E-state index in [2.05, 4.69) is 10.4 Å². The zero-order chi connectivity index (χ0) is 17.1. The van der Waals surface area contributed by atoms with Gasteiger partial charge in [-0.2, -0.15) is 0 Å². The van der Waals surface area contributed by atoms with Crippen molar-refractivity contribution in [2.45, 2.75) is 19.3 Å². The number of aromatic nitrogens is 1. The van der Waals surface area contributed by atoms with Crippen LogP contribution in [-0.4, -0.2) is 10.8 Å². The number of hydrogen-bond acceptors (Lipinski definition) is 3. The number of halogens is 3. The molecule has 1 aliphatic carbocycles. The number of rotatable bonds is 1. The van der Waals surface area contributed by atoms with Gasteiger partial charge < -0.3 is 10.4 Å². The van der Waals surface area contributed by atoms with Crippen LogP contribution in [0.15, 0.2) is 42.5 Å². The summed E-state index contributed by atoms with van der Waals surface area (Å²) in [4.78, 5) is 15.1. The molecule has 0 unspecified atom stereocenters. The highest BCUT2D eigenvalue weighted by Gasteiger charge is 2.22. The molecule has 0 fully saturated rings. The first-order chi connectivity index (χ1) is 11.6. The van der Waals surface area contributed by atoms with Gasteiger partial charge >= 0.3 is 0 Å². The maximum absolute atomic E-state index is 11.8. The summed E-state index contributed by atoms with van der Waals surface area (Å²) in [6, 6.07) is 13.0. The average molecular weight is 399 g/mol. The molecule has 1 heterocycles. The Balaban J connectivity index is 0.000000196. The Morgan fingerprint density at radius 1 is 1.00 bits per heavy atom. The number of para-hydroxylation sites is 2. The molecule has 4 N–H and O–H groups in total. The van der Waals surface area contributed by atoms with Crippen molar-refractivity contribution in [2.24, 2.45) is 5.84 Å². The van der Waals surface area contributed by atoms with Gasteiger partial charge in [0, 0.05) is 23.1 Å². The number of nitrogens with two attached hydrogens (primary N) is 1. The number of benzene rings is 2. The summed E-state index contributed by atoms with van der Waals surface area (Å²) >= 11 is 11.8. The summed E-state index contributed by atoms with van der Waals surface area (Å²) in [5, 5.41) is 2.30. The number of nitrogen functional groups attached to an aromatic ring is 1. The molecule has 0 atom stereocenters. The molecule has 0 saturated heterocycles. The fourth-order valence-electron chi connectivity index (χ4n) is 2.87. The lowest BCUT2D eigenvalue weighted by Crippen LogP contribution is -2.08. The summed E-state index contributed by atoms with van der Waals surface area (Å²) in [6.07, 6.45) is 2.55. The molecule has 0 aliphatic heterocycles. The first kappa shape index (κ1) is 19.6. The average Bonchev–Trinajstić information content (AvgIpc) is 2.97. The number of ketones is 1. The van der Waals surface area contributed by atoms with E-state index in [1.165, 1.54) is 0 Å². The van der Waals surface area contributed by atoms with Crippen molar-refractivity contribution in [1.82, 2.24) is 4.98 Å². The van der Waals surface area contributed by atoms with Crippen molar-refractivity contribution in [3.8, 4) is 0 Å². The molecule has 0 saturated carbocycles. The number of hydrogen-bond donors (Lipinski definition) is 3. The van der Waals surface area contributed by atoms with Crippen LogP contribution in [0.4, 0.5) is 5.69 Å². The van der Waals surface area contributed by atoms with Crippen LogP contribution < -0.4 is 11.3 Å². The third-order valence-corrected chi connectivity index (χ3v) is 4.64. The summed E-state index contributed by atoms with van der Waals surface area (Å²) in [7, 11) is 0. The number of aromatic amines is 1. The molecule has 1 aromatic heterocycles. The van der Waals surface area contributed by atoms with E-state index in [1.807, 2.05) is 36.4 Å². The van der Waals surface area contributed by atoms with Gasteiger partial charge in [0.25, 0.3) is 0 Å². The van der Waals surface area contributed by atoms with E-state index in [0.717, 1.165) is 40.7 Å². The van der Waals surface area contributed by atoms with Crippen molar-refractivity contribution >= 4 is 58.0 Å². The molecule has 25 heavy (non-hydrogen) atoms. The number of H-pyrrole nitrogens is 1. The molecule has 4 nitrogen and oxygen atoms in total. The first-order valence-electron chi connectivity index (χ1n) is 7.65. The second kappa shape index (κ2) is 8.59. The van der Waals surface area contributed by atoms with Crippen LogP contribution in [0.25, 0.3) is 10.9 Å². The van der Waals surface area contributed by atoms with E-state index in [1.54, 1.807) is 6.07 Å². The monoisotopic (exact) mass is 397 g/mol. The van der Waals surface area contributed by atoms with Gasteiger partial charge in [0.1, 0.15) is 0 Å².